The van der Waals surface area contributed by atoms with Crippen molar-refractivity contribution in [2.45, 2.75) is 13.0 Å². The molecule has 0 saturated heterocycles. The molecular formula is C17H16N4OS. The maximum absolute atomic E-state index is 11.9. The fraction of sp³-hybridized carbons (Fsp3) is 0.118. The van der Waals surface area contributed by atoms with E-state index in [2.05, 4.69) is 38.4 Å². The number of hydrogen-bond acceptors (Lipinski definition) is 5. The summed E-state index contributed by atoms with van der Waals surface area (Å²) < 4.78 is 7.73. The molecule has 5 nitrogen and oxygen atoms in total. The fourth-order valence-electron chi connectivity index (χ4n) is 2.18. The highest BCUT2D eigenvalue weighted by molar-refractivity contribution is 6.99. The Labute approximate surface area is 138 Å². The molecule has 0 bridgehead atoms. The van der Waals surface area contributed by atoms with E-state index in [1.807, 2.05) is 42.5 Å². The van der Waals surface area contributed by atoms with Crippen LogP contribution in [-0.4, -0.2) is 14.7 Å². The predicted molar refractivity (Wildman–Crippen MR) is 92.8 cm³/mol. The molecule has 1 amide bonds. The molecule has 23 heavy (non-hydrogen) atoms. The molecule has 116 valence electrons. The van der Waals surface area contributed by atoms with Crippen molar-refractivity contribution in [2.24, 2.45) is 0 Å². The second-order valence-electron chi connectivity index (χ2n) is 5.10. The van der Waals surface area contributed by atoms with Crippen LogP contribution in [0.3, 0.4) is 0 Å². The molecule has 1 aromatic heterocycles. The topological polar surface area (TPSA) is 66.9 Å². The Morgan fingerprint density at radius 2 is 1.74 bits per heavy atom. The van der Waals surface area contributed by atoms with Gasteiger partial charge in [0.25, 0.3) is 5.91 Å². The smallest absolute Gasteiger partial charge is 0.277 e. The Kier molecular flexibility index (Phi) is 4.63. The predicted octanol–water partition coefficient (Wildman–Crippen LogP) is 3.96. The number of nitrogens with zero attached hydrogens (tertiary/aromatic N) is 2. The van der Waals surface area contributed by atoms with Gasteiger partial charge in [0.1, 0.15) is 0 Å². The van der Waals surface area contributed by atoms with E-state index >= 15 is 0 Å². The molecular weight excluding hydrogens is 308 g/mol. The molecule has 0 fully saturated rings. The molecule has 0 aliphatic carbocycles. The minimum Gasteiger partial charge on any atom is -0.379 e. The number of benzene rings is 2. The molecule has 6 heteroatoms. The van der Waals surface area contributed by atoms with Gasteiger partial charge >= 0.3 is 0 Å². The summed E-state index contributed by atoms with van der Waals surface area (Å²) in [5.74, 6) is -0.253. The van der Waals surface area contributed by atoms with Gasteiger partial charge in [0.2, 0.25) is 0 Å². The lowest BCUT2D eigenvalue weighted by Crippen LogP contribution is -2.12. The van der Waals surface area contributed by atoms with Crippen LogP contribution in [0.4, 0.5) is 11.4 Å². The minimum atomic E-state index is -0.253. The van der Waals surface area contributed by atoms with Gasteiger partial charge in [-0.05, 0) is 36.8 Å². The normalized spacial score (nSPS) is 11.7. The van der Waals surface area contributed by atoms with Gasteiger partial charge in [0.15, 0.2) is 5.69 Å². The molecule has 1 unspecified atom stereocenters. The first kappa shape index (κ1) is 15.2. The van der Waals surface area contributed by atoms with Crippen molar-refractivity contribution >= 4 is 29.0 Å². The Morgan fingerprint density at radius 3 is 2.39 bits per heavy atom. The first-order valence-corrected chi connectivity index (χ1v) is 7.96. The highest BCUT2D eigenvalue weighted by Crippen LogP contribution is 2.20. The molecule has 1 atom stereocenters. The summed E-state index contributed by atoms with van der Waals surface area (Å²) >= 11 is 1.01. The minimum absolute atomic E-state index is 0.206. The second kappa shape index (κ2) is 7.02. The maximum Gasteiger partial charge on any atom is 0.277 e. The van der Waals surface area contributed by atoms with E-state index in [0.717, 1.165) is 23.1 Å². The molecule has 3 rings (SSSR count). The Bertz CT molecular complexity index is 757. The third-order valence-electron chi connectivity index (χ3n) is 3.42. The highest BCUT2D eigenvalue weighted by Gasteiger charge is 2.09. The quantitative estimate of drug-likeness (QED) is 0.745. The van der Waals surface area contributed by atoms with Crippen LogP contribution < -0.4 is 10.6 Å². The van der Waals surface area contributed by atoms with Crippen molar-refractivity contribution in [3.63, 3.8) is 0 Å². The molecule has 1 heterocycles. The SMILES string of the molecule is CC(Nc1ccc(NC(=O)c2cnsn2)cc1)c1ccccc1. The van der Waals surface area contributed by atoms with Crippen LogP contribution in [0, 0.1) is 0 Å². The van der Waals surface area contributed by atoms with E-state index in [-0.39, 0.29) is 11.9 Å². The standard InChI is InChI=1S/C17H16N4OS/c1-12(13-5-3-2-4-6-13)19-14-7-9-15(10-8-14)20-17(22)16-11-18-23-21-16/h2-12,19H,1H3,(H,20,22). The fourth-order valence-corrected chi connectivity index (χ4v) is 2.60. The summed E-state index contributed by atoms with van der Waals surface area (Å²) in [4.78, 5) is 11.9. The van der Waals surface area contributed by atoms with Crippen molar-refractivity contribution in [3.8, 4) is 0 Å². The number of amides is 1. The zero-order chi connectivity index (χ0) is 16.1. The maximum atomic E-state index is 11.9. The lowest BCUT2D eigenvalue weighted by Gasteiger charge is -2.16. The van der Waals surface area contributed by atoms with Crippen molar-refractivity contribution in [3.05, 3.63) is 72.1 Å². The van der Waals surface area contributed by atoms with Gasteiger partial charge in [-0.2, -0.15) is 8.75 Å². The van der Waals surface area contributed by atoms with Crippen LogP contribution in [0.2, 0.25) is 0 Å². The summed E-state index contributed by atoms with van der Waals surface area (Å²) in [5, 5.41) is 6.23. The number of rotatable bonds is 5. The van der Waals surface area contributed by atoms with E-state index in [1.54, 1.807) is 0 Å². The molecule has 2 aromatic carbocycles. The van der Waals surface area contributed by atoms with Crippen LogP contribution in [0.1, 0.15) is 29.0 Å². The van der Waals surface area contributed by atoms with E-state index < -0.39 is 0 Å². The van der Waals surface area contributed by atoms with Crippen LogP contribution in [-0.2, 0) is 0 Å². The van der Waals surface area contributed by atoms with Gasteiger partial charge in [-0.15, -0.1) is 0 Å². The molecule has 0 spiro atoms. The first-order chi connectivity index (χ1) is 11.2. The highest BCUT2D eigenvalue weighted by atomic mass is 32.1. The lowest BCUT2D eigenvalue weighted by atomic mass is 10.1. The summed E-state index contributed by atoms with van der Waals surface area (Å²) in [6.45, 7) is 2.11. The third-order valence-corrected chi connectivity index (χ3v) is 3.90. The summed E-state index contributed by atoms with van der Waals surface area (Å²) in [6.07, 6.45) is 1.46. The molecule has 2 N–H and O–H groups in total. The lowest BCUT2D eigenvalue weighted by molar-refractivity contribution is 0.102. The van der Waals surface area contributed by atoms with E-state index in [4.69, 9.17) is 0 Å². The number of aromatic nitrogens is 2. The average molecular weight is 324 g/mol. The Balaban J connectivity index is 1.62. The number of hydrogen-bond donors (Lipinski definition) is 2. The van der Waals surface area contributed by atoms with Gasteiger partial charge in [-0.25, -0.2) is 0 Å². The molecule has 0 aliphatic rings. The molecule has 0 saturated carbocycles. The van der Waals surface area contributed by atoms with E-state index in [1.165, 1.54) is 11.8 Å². The van der Waals surface area contributed by atoms with Gasteiger partial charge in [-0.3, -0.25) is 4.79 Å². The largest absolute Gasteiger partial charge is 0.379 e. The summed E-state index contributed by atoms with van der Waals surface area (Å²) in [6, 6.07) is 18.0. The molecule has 3 aromatic rings. The van der Waals surface area contributed by atoms with Gasteiger partial charge in [-0.1, -0.05) is 30.3 Å². The average Bonchev–Trinajstić information content (AvgIpc) is 3.12. The molecule has 0 aliphatic heterocycles. The number of carbonyl (C=O) groups is 1. The van der Waals surface area contributed by atoms with Crippen LogP contribution in [0.15, 0.2) is 60.8 Å². The van der Waals surface area contributed by atoms with Gasteiger partial charge in [0.05, 0.1) is 17.9 Å². The first-order valence-electron chi connectivity index (χ1n) is 7.23. The zero-order valence-electron chi connectivity index (χ0n) is 12.6. The van der Waals surface area contributed by atoms with Gasteiger partial charge in [0, 0.05) is 17.4 Å². The Morgan fingerprint density at radius 1 is 1.04 bits per heavy atom. The van der Waals surface area contributed by atoms with Crippen molar-refractivity contribution < 1.29 is 4.79 Å². The van der Waals surface area contributed by atoms with Crippen LogP contribution in [0.5, 0.6) is 0 Å². The Hall–Kier alpha value is -2.73. The number of carbonyl (C=O) groups excluding carboxylic acids is 1. The van der Waals surface area contributed by atoms with E-state index in [9.17, 15) is 4.79 Å². The van der Waals surface area contributed by atoms with Crippen LogP contribution in [0.25, 0.3) is 0 Å². The third kappa shape index (κ3) is 3.92. The number of anilines is 2. The zero-order valence-corrected chi connectivity index (χ0v) is 13.4. The van der Waals surface area contributed by atoms with Crippen molar-refractivity contribution in [2.75, 3.05) is 10.6 Å². The summed E-state index contributed by atoms with van der Waals surface area (Å²) in [7, 11) is 0. The van der Waals surface area contributed by atoms with Gasteiger partial charge < -0.3 is 10.6 Å². The van der Waals surface area contributed by atoms with Crippen molar-refractivity contribution in [1.82, 2.24) is 8.75 Å². The van der Waals surface area contributed by atoms with Crippen LogP contribution >= 0.6 is 11.7 Å². The summed E-state index contributed by atoms with van der Waals surface area (Å²) in [5.41, 5.74) is 3.27. The van der Waals surface area contributed by atoms with E-state index in [0.29, 0.717) is 5.69 Å². The van der Waals surface area contributed by atoms with Crippen molar-refractivity contribution in [1.29, 1.82) is 0 Å². The second-order valence-corrected chi connectivity index (χ2v) is 5.66. The number of nitrogens with one attached hydrogen (secondary N) is 2. The molecule has 0 radical (unpaired) electrons. The monoisotopic (exact) mass is 324 g/mol.